The maximum Gasteiger partial charge on any atom is 0.142 e. The lowest BCUT2D eigenvalue weighted by Crippen LogP contribution is -2.34. The third-order valence-corrected chi connectivity index (χ3v) is 3.25. The SMILES string of the molecule is CC(C)(C)NCc1cc2ccc3ccccc3c2o1. The largest absolute Gasteiger partial charge is 0.459 e. The van der Waals surface area contributed by atoms with E-state index in [2.05, 4.69) is 68.6 Å². The molecule has 19 heavy (non-hydrogen) atoms. The topological polar surface area (TPSA) is 25.2 Å². The van der Waals surface area contributed by atoms with Gasteiger partial charge in [0.05, 0.1) is 6.54 Å². The van der Waals surface area contributed by atoms with Crippen LogP contribution in [0.2, 0.25) is 0 Å². The summed E-state index contributed by atoms with van der Waals surface area (Å²) in [5.41, 5.74) is 1.09. The smallest absolute Gasteiger partial charge is 0.142 e. The third kappa shape index (κ3) is 2.49. The summed E-state index contributed by atoms with van der Waals surface area (Å²) in [5, 5.41) is 7.03. The molecule has 0 aliphatic heterocycles. The van der Waals surface area contributed by atoms with Crippen LogP contribution in [0.4, 0.5) is 0 Å². The number of furan rings is 1. The Morgan fingerprint density at radius 3 is 2.53 bits per heavy atom. The average Bonchev–Trinajstić information content (AvgIpc) is 2.79. The number of hydrogen-bond acceptors (Lipinski definition) is 2. The van der Waals surface area contributed by atoms with Crippen LogP contribution >= 0.6 is 0 Å². The van der Waals surface area contributed by atoms with Gasteiger partial charge in [0, 0.05) is 16.3 Å². The van der Waals surface area contributed by atoms with E-state index < -0.39 is 0 Å². The number of benzene rings is 2. The summed E-state index contributed by atoms with van der Waals surface area (Å²) >= 11 is 0. The first-order valence-corrected chi connectivity index (χ1v) is 6.68. The van der Waals surface area contributed by atoms with Crippen molar-refractivity contribution in [2.45, 2.75) is 32.9 Å². The van der Waals surface area contributed by atoms with Gasteiger partial charge in [-0.15, -0.1) is 0 Å². The average molecular weight is 253 g/mol. The number of hydrogen-bond donors (Lipinski definition) is 1. The summed E-state index contributed by atoms with van der Waals surface area (Å²) in [5.74, 6) is 0.987. The fourth-order valence-corrected chi connectivity index (χ4v) is 2.26. The molecule has 0 aliphatic carbocycles. The summed E-state index contributed by atoms with van der Waals surface area (Å²) < 4.78 is 6.01. The van der Waals surface area contributed by atoms with Gasteiger partial charge in [0.2, 0.25) is 0 Å². The van der Waals surface area contributed by atoms with Gasteiger partial charge >= 0.3 is 0 Å². The molecule has 2 aromatic carbocycles. The van der Waals surface area contributed by atoms with Gasteiger partial charge in [-0.25, -0.2) is 0 Å². The second kappa shape index (κ2) is 4.39. The molecule has 2 nitrogen and oxygen atoms in total. The van der Waals surface area contributed by atoms with Crippen LogP contribution in [0, 0.1) is 0 Å². The van der Waals surface area contributed by atoms with Crippen LogP contribution in [0.3, 0.4) is 0 Å². The molecule has 0 fully saturated rings. The quantitative estimate of drug-likeness (QED) is 0.728. The lowest BCUT2D eigenvalue weighted by Gasteiger charge is -2.19. The Labute approximate surface area is 113 Å². The van der Waals surface area contributed by atoms with Crippen molar-refractivity contribution >= 4 is 21.7 Å². The third-order valence-electron chi connectivity index (χ3n) is 3.25. The van der Waals surface area contributed by atoms with E-state index in [9.17, 15) is 0 Å². The normalized spacial score (nSPS) is 12.4. The summed E-state index contributed by atoms with van der Waals surface area (Å²) in [6, 6.07) is 14.7. The highest BCUT2D eigenvalue weighted by molar-refractivity contribution is 6.04. The van der Waals surface area contributed by atoms with E-state index >= 15 is 0 Å². The van der Waals surface area contributed by atoms with Crippen molar-refractivity contribution in [3.05, 3.63) is 48.2 Å². The summed E-state index contributed by atoms with van der Waals surface area (Å²) in [6.07, 6.45) is 0. The van der Waals surface area contributed by atoms with E-state index in [1.807, 2.05) is 0 Å². The van der Waals surface area contributed by atoms with Gasteiger partial charge in [-0.05, 0) is 32.2 Å². The van der Waals surface area contributed by atoms with Crippen LogP contribution in [-0.2, 0) is 6.54 Å². The molecule has 1 aromatic heterocycles. The molecule has 0 aliphatic rings. The van der Waals surface area contributed by atoms with Crippen LogP contribution in [-0.4, -0.2) is 5.54 Å². The predicted octanol–water partition coefficient (Wildman–Crippen LogP) is 4.47. The van der Waals surface area contributed by atoms with Crippen molar-refractivity contribution < 1.29 is 4.42 Å². The van der Waals surface area contributed by atoms with Gasteiger partial charge in [-0.3, -0.25) is 0 Å². The van der Waals surface area contributed by atoms with Gasteiger partial charge in [0.15, 0.2) is 0 Å². The molecular weight excluding hydrogens is 234 g/mol. The first kappa shape index (κ1) is 12.2. The Kier molecular flexibility index (Phi) is 2.83. The number of nitrogens with one attached hydrogen (secondary N) is 1. The van der Waals surface area contributed by atoms with E-state index in [0.29, 0.717) is 0 Å². The Morgan fingerprint density at radius 2 is 1.74 bits per heavy atom. The molecule has 1 heterocycles. The fourth-order valence-electron chi connectivity index (χ4n) is 2.26. The second-order valence-electron chi connectivity index (χ2n) is 6.02. The molecular formula is C17H19NO. The van der Waals surface area contributed by atoms with Gasteiger partial charge in [0.1, 0.15) is 11.3 Å². The molecule has 98 valence electrons. The molecule has 2 heteroatoms. The zero-order valence-electron chi connectivity index (χ0n) is 11.7. The van der Waals surface area contributed by atoms with Gasteiger partial charge in [-0.1, -0.05) is 36.4 Å². The van der Waals surface area contributed by atoms with Crippen molar-refractivity contribution in [2.75, 3.05) is 0 Å². The summed E-state index contributed by atoms with van der Waals surface area (Å²) in [7, 11) is 0. The molecule has 3 rings (SSSR count). The monoisotopic (exact) mass is 253 g/mol. The minimum atomic E-state index is 0.0983. The van der Waals surface area contributed by atoms with Crippen LogP contribution in [0.15, 0.2) is 46.9 Å². The highest BCUT2D eigenvalue weighted by Gasteiger charge is 2.11. The summed E-state index contributed by atoms with van der Waals surface area (Å²) in [6.45, 7) is 7.23. The summed E-state index contributed by atoms with van der Waals surface area (Å²) in [4.78, 5) is 0. The van der Waals surface area contributed by atoms with Crippen molar-refractivity contribution in [1.29, 1.82) is 0 Å². The van der Waals surface area contributed by atoms with Crippen LogP contribution in [0.5, 0.6) is 0 Å². The minimum Gasteiger partial charge on any atom is -0.459 e. The second-order valence-corrected chi connectivity index (χ2v) is 6.02. The van der Waals surface area contributed by atoms with E-state index in [1.165, 1.54) is 16.2 Å². The van der Waals surface area contributed by atoms with Crippen molar-refractivity contribution in [3.8, 4) is 0 Å². The van der Waals surface area contributed by atoms with E-state index in [4.69, 9.17) is 4.42 Å². The standard InChI is InChI=1S/C17H19NO/c1-17(2,3)18-11-14-10-13-9-8-12-6-4-5-7-15(12)16(13)19-14/h4-10,18H,11H2,1-3H3. The Hall–Kier alpha value is -1.80. The van der Waals surface area contributed by atoms with Gasteiger partial charge < -0.3 is 9.73 Å². The predicted molar refractivity (Wildman–Crippen MR) is 80.3 cm³/mol. The molecule has 3 aromatic rings. The molecule has 0 unspecified atom stereocenters. The molecule has 0 saturated heterocycles. The van der Waals surface area contributed by atoms with Crippen LogP contribution < -0.4 is 5.32 Å². The highest BCUT2D eigenvalue weighted by atomic mass is 16.3. The molecule has 0 amide bonds. The van der Waals surface area contributed by atoms with E-state index in [-0.39, 0.29) is 5.54 Å². The zero-order chi connectivity index (χ0) is 13.5. The van der Waals surface area contributed by atoms with Crippen LogP contribution in [0.1, 0.15) is 26.5 Å². The Bertz CT molecular complexity index is 719. The molecule has 0 radical (unpaired) electrons. The highest BCUT2D eigenvalue weighted by Crippen LogP contribution is 2.28. The lowest BCUT2D eigenvalue weighted by molar-refractivity contribution is 0.395. The Morgan fingerprint density at radius 1 is 1.00 bits per heavy atom. The lowest BCUT2D eigenvalue weighted by atomic mass is 10.1. The first-order chi connectivity index (χ1) is 9.03. The number of fused-ring (bicyclic) bond motifs is 3. The zero-order valence-corrected chi connectivity index (χ0v) is 11.7. The fraction of sp³-hybridized carbons (Fsp3) is 0.294. The number of rotatable bonds is 2. The molecule has 0 bridgehead atoms. The van der Waals surface area contributed by atoms with Gasteiger partial charge in [-0.2, -0.15) is 0 Å². The molecule has 0 atom stereocenters. The molecule has 0 spiro atoms. The van der Waals surface area contributed by atoms with Crippen molar-refractivity contribution in [1.82, 2.24) is 5.32 Å². The van der Waals surface area contributed by atoms with Crippen LogP contribution in [0.25, 0.3) is 21.7 Å². The van der Waals surface area contributed by atoms with Crippen molar-refractivity contribution in [3.63, 3.8) is 0 Å². The minimum absolute atomic E-state index is 0.0983. The molecule has 0 saturated carbocycles. The van der Waals surface area contributed by atoms with E-state index in [1.54, 1.807) is 0 Å². The maximum atomic E-state index is 6.01. The van der Waals surface area contributed by atoms with Gasteiger partial charge in [0.25, 0.3) is 0 Å². The maximum absolute atomic E-state index is 6.01. The molecule has 1 N–H and O–H groups in total. The first-order valence-electron chi connectivity index (χ1n) is 6.68. The van der Waals surface area contributed by atoms with Crippen molar-refractivity contribution in [2.24, 2.45) is 0 Å². The van der Waals surface area contributed by atoms with E-state index in [0.717, 1.165) is 17.9 Å². The Balaban J connectivity index is 2.03.